The number of aromatic nitrogens is 1. The highest BCUT2D eigenvalue weighted by Gasteiger charge is 2.46. The van der Waals surface area contributed by atoms with E-state index in [4.69, 9.17) is 0 Å². The fraction of sp³-hybridized carbons (Fsp3) is 0.333. The van der Waals surface area contributed by atoms with Gasteiger partial charge in [0.1, 0.15) is 10.8 Å². The minimum atomic E-state index is -0.240. The van der Waals surface area contributed by atoms with Crippen LogP contribution in [0.4, 0.5) is 4.39 Å². The van der Waals surface area contributed by atoms with E-state index in [-0.39, 0.29) is 23.2 Å². The van der Waals surface area contributed by atoms with Crippen LogP contribution in [0.15, 0.2) is 58.5 Å². The molecule has 0 bridgehead atoms. The smallest absolute Gasteiger partial charge is 0.222 e. The van der Waals surface area contributed by atoms with Crippen molar-refractivity contribution in [1.29, 1.82) is 0 Å². The molecule has 1 aliphatic carbocycles. The van der Waals surface area contributed by atoms with Gasteiger partial charge >= 0.3 is 0 Å². The molecule has 1 fully saturated rings. The summed E-state index contributed by atoms with van der Waals surface area (Å²) in [5.74, 6) is 0.0293. The van der Waals surface area contributed by atoms with E-state index in [0.29, 0.717) is 6.42 Å². The zero-order chi connectivity index (χ0) is 20.2. The van der Waals surface area contributed by atoms with E-state index in [1.54, 1.807) is 17.8 Å². The fourth-order valence-electron chi connectivity index (χ4n) is 5.08. The van der Waals surface area contributed by atoms with Crippen molar-refractivity contribution in [1.82, 2.24) is 9.88 Å². The first-order chi connectivity index (χ1) is 13.9. The molecule has 1 aliphatic heterocycles. The van der Waals surface area contributed by atoms with Crippen molar-refractivity contribution < 1.29 is 9.18 Å². The highest BCUT2D eigenvalue weighted by molar-refractivity contribution is 7.99. The monoisotopic (exact) mass is 406 g/mol. The molecule has 148 valence electrons. The van der Waals surface area contributed by atoms with E-state index in [2.05, 4.69) is 30.1 Å². The van der Waals surface area contributed by atoms with Crippen LogP contribution in [0.5, 0.6) is 0 Å². The third-order valence-electron chi connectivity index (χ3n) is 6.68. The fourth-order valence-corrected chi connectivity index (χ4v) is 5.94. The number of likely N-dealkylation sites (tertiary alicyclic amines) is 1. The minimum Gasteiger partial charge on any atom is -0.342 e. The maximum atomic E-state index is 13.4. The van der Waals surface area contributed by atoms with Crippen molar-refractivity contribution >= 4 is 28.6 Å². The van der Waals surface area contributed by atoms with Gasteiger partial charge in [-0.15, -0.1) is 0 Å². The second kappa shape index (κ2) is 6.84. The van der Waals surface area contributed by atoms with Crippen molar-refractivity contribution in [3.63, 3.8) is 0 Å². The lowest BCUT2D eigenvalue weighted by atomic mass is 9.63. The molecule has 2 heterocycles. The number of pyridine rings is 1. The third kappa shape index (κ3) is 3.12. The number of piperidine rings is 1. The van der Waals surface area contributed by atoms with Crippen LogP contribution in [0.25, 0.3) is 10.9 Å². The molecule has 0 saturated carbocycles. The van der Waals surface area contributed by atoms with Gasteiger partial charge in [-0.25, -0.2) is 9.37 Å². The van der Waals surface area contributed by atoms with Gasteiger partial charge in [-0.2, -0.15) is 0 Å². The van der Waals surface area contributed by atoms with Crippen LogP contribution in [0, 0.1) is 5.82 Å². The van der Waals surface area contributed by atoms with Crippen LogP contribution in [-0.2, 0) is 16.6 Å². The van der Waals surface area contributed by atoms with Crippen LogP contribution in [0.3, 0.4) is 0 Å². The normalized spacial score (nSPS) is 23.8. The Bertz CT molecular complexity index is 1130. The van der Waals surface area contributed by atoms with Crippen molar-refractivity contribution in [2.45, 2.75) is 54.0 Å². The minimum absolute atomic E-state index is 0.0325. The molecule has 2 aromatic carbocycles. The lowest BCUT2D eigenvalue weighted by molar-refractivity contribution is -0.138. The number of nitrogens with zero attached hydrogens (tertiary/aromatic N) is 2. The molecular weight excluding hydrogens is 383 g/mol. The van der Waals surface area contributed by atoms with Gasteiger partial charge in [-0.3, -0.25) is 4.79 Å². The number of rotatable bonds is 2. The Morgan fingerprint density at radius 1 is 1.14 bits per heavy atom. The van der Waals surface area contributed by atoms with Gasteiger partial charge in [0.15, 0.2) is 0 Å². The highest BCUT2D eigenvalue weighted by atomic mass is 32.2. The number of fused-ring (bicyclic) bond motifs is 4. The van der Waals surface area contributed by atoms with E-state index in [9.17, 15) is 9.18 Å². The molecule has 2 aliphatic rings. The average molecular weight is 407 g/mol. The number of aryl methyl sites for hydroxylation is 1. The van der Waals surface area contributed by atoms with Crippen LogP contribution in [0.2, 0.25) is 0 Å². The zero-order valence-corrected chi connectivity index (χ0v) is 17.4. The Hall–Kier alpha value is -2.40. The molecule has 2 atom stereocenters. The van der Waals surface area contributed by atoms with Crippen molar-refractivity contribution in [3.05, 3.63) is 65.5 Å². The summed E-state index contributed by atoms with van der Waals surface area (Å²) in [6.45, 7) is 2.31. The molecule has 29 heavy (non-hydrogen) atoms. The van der Waals surface area contributed by atoms with Crippen molar-refractivity contribution in [2.24, 2.45) is 0 Å². The molecule has 5 heteroatoms. The summed E-state index contributed by atoms with van der Waals surface area (Å²) in [5.41, 5.74) is 3.61. The number of benzene rings is 2. The SMILES string of the molecule is CN1C(=O)CC[C@]2(C)c3ccc(Sc4ccc5cc(F)ccc5n4)cc3CC[C@@H]12. The second-order valence-electron chi connectivity index (χ2n) is 8.38. The summed E-state index contributed by atoms with van der Waals surface area (Å²) in [7, 11) is 1.96. The summed E-state index contributed by atoms with van der Waals surface area (Å²) in [4.78, 5) is 20.0. The largest absolute Gasteiger partial charge is 0.342 e. The summed E-state index contributed by atoms with van der Waals surface area (Å²) in [6, 6.07) is 15.6. The molecule has 0 radical (unpaired) electrons. The quantitative estimate of drug-likeness (QED) is 0.575. The Balaban J connectivity index is 1.44. The van der Waals surface area contributed by atoms with E-state index >= 15 is 0 Å². The molecule has 3 aromatic rings. The van der Waals surface area contributed by atoms with Crippen molar-refractivity contribution in [2.75, 3.05) is 7.05 Å². The molecule has 5 rings (SSSR count). The summed E-state index contributed by atoms with van der Waals surface area (Å²) in [5, 5.41) is 1.72. The predicted octanol–water partition coefficient (Wildman–Crippen LogP) is 5.35. The number of carbonyl (C=O) groups excluding carboxylic acids is 1. The Labute approximate surface area is 174 Å². The Kier molecular flexibility index (Phi) is 4.39. The number of halogens is 1. The number of likely N-dealkylation sites (N-methyl/N-ethyl adjacent to an activating group) is 1. The molecule has 0 N–H and O–H groups in total. The molecule has 1 amide bonds. The molecule has 0 spiro atoms. The Morgan fingerprint density at radius 2 is 2.00 bits per heavy atom. The van der Waals surface area contributed by atoms with Gasteiger partial charge in [-0.05, 0) is 66.8 Å². The first-order valence-corrected chi connectivity index (χ1v) is 10.9. The van der Waals surface area contributed by atoms with E-state index < -0.39 is 0 Å². The average Bonchev–Trinajstić information content (AvgIpc) is 2.71. The van der Waals surface area contributed by atoms with Gasteiger partial charge < -0.3 is 4.90 Å². The molecular formula is C24H23FN2OS. The number of amides is 1. The van der Waals surface area contributed by atoms with Crippen LogP contribution in [-0.4, -0.2) is 28.9 Å². The van der Waals surface area contributed by atoms with E-state index in [0.717, 1.165) is 35.2 Å². The van der Waals surface area contributed by atoms with Crippen LogP contribution < -0.4 is 0 Å². The second-order valence-corrected chi connectivity index (χ2v) is 9.48. The number of hydrogen-bond donors (Lipinski definition) is 0. The zero-order valence-electron chi connectivity index (χ0n) is 16.6. The van der Waals surface area contributed by atoms with E-state index in [1.165, 1.54) is 28.2 Å². The first-order valence-electron chi connectivity index (χ1n) is 10.1. The van der Waals surface area contributed by atoms with Crippen molar-refractivity contribution in [3.8, 4) is 0 Å². The maximum Gasteiger partial charge on any atom is 0.222 e. The molecule has 1 aromatic heterocycles. The van der Waals surface area contributed by atoms with Gasteiger partial charge in [-0.1, -0.05) is 30.8 Å². The predicted molar refractivity (Wildman–Crippen MR) is 114 cm³/mol. The lowest BCUT2D eigenvalue weighted by Crippen LogP contribution is -2.56. The van der Waals surface area contributed by atoms with Gasteiger partial charge in [0, 0.05) is 35.2 Å². The Morgan fingerprint density at radius 3 is 2.86 bits per heavy atom. The highest BCUT2D eigenvalue weighted by Crippen LogP contribution is 2.46. The van der Waals surface area contributed by atoms with Crippen LogP contribution >= 0.6 is 11.8 Å². The number of carbonyl (C=O) groups is 1. The number of hydrogen-bond acceptors (Lipinski definition) is 3. The van der Waals surface area contributed by atoms with Gasteiger partial charge in [0.25, 0.3) is 0 Å². The van der Waals surface area contributed by atoms with E-state index in [1.807, 2.05) is 24.1 Å². The summed E-state index contributed by atoms with van der Waals surface area (Å²) < 4.78 is 13.4. The van der Waals surface area contributed by atoms with Crippen LogP contribution in [0.1, 0.15) is 37.3 Å². The molecule has 1 saturated heterocycles. The standard InChI is InChI=1S/C24H23FN2OS/c1-24-12-11-23(28)27(2)21(24)9-3-15-14-18(6-7-19(15)24)29-22-10-4-16-13-17(25)5-8-20(16)26-22/h4-8,10,13-14,21H,3,9,11-12H2,1-2H3/t21-,24-/m1/s1. The third-order valence-corrected chi connectivity index (χ3v) is 7.61. The summed E-state index contributed by atoms with van der Waals surface area (Å²) in [6.07, 6.45) is 3.55. The van der Waals surface area contributed by atoms with Gasteiger partial charge in [0.05, 0.1) is 5.52 Å². The molecule has 3 nitrogen and oxygen atoms in total. The maximum absolute atomic E-state index is 13.4. The first kappa shape index (κ1) is 18.6. The topological polar surface area (TPSA) is 33.2 Å². The molecule has 0 unspecified atom stereocenters. The lowest BCUT2D eigenvalue weighted by Gasteiger charge is -2.50. The van der Waals surface area contributed by atoms with Gasteiger partial charge in [0.2, 0.25) is 5.91 Å². The summed E-state index contributed by atoms with van der Waals surface area (Å²) >= 11 is 1.64.